The second-order valence-electron chi connectivity index (χ2n) is 4.86. The summed E-state index contributed by atoms with van der Waals surface area (Å²) >= 11 is 0. The molecular weight excluding hydrogens is 250 g/mol. The zero-order valence-corrected chi connectivity index (χ0v) is 11.4. The summed E-state index contributed by atoms with van der Waals surface area (Å²) in [5.41, 5.74) is 2.60. The Morgan fingerprint density at radius 2 is 1.90 bits per heavy atom. The Labute approximate surface area is 118 Å². The third kappa shape index (κ3) is 2.87. The minimum absolute atomic E-state index is 0.0135. The van der Waals surface area contributed by atoms with E-state index in [-0.39, 0.29) is 17.9 Å². The zero-order chi connectivity index (χ0) is 14.5. The van der Waals surface area contributed by atoms with E-state index in [9.17, 15) is 4.79 Å². The van der Waals surface area contributed by atoms with Gasteiger partial charge >= 0.3 is 0 Å². The van der Waals surface area contributed by atoms with E-state index in [0.717, 1.165) is 18.5 Å². The van der Waals surface area contributed by atoms with Crippen LogP contribution in [0.5, 0.6) is 0 Å². The highest BCUT2D eigenvalue weighted by Crippen LogP contribution is 2.24. The molecule has 0 amide bonds. The van der Waals surface area contributed by atoms with Crippen molar-refractivity contribution >= 4 is 5.78 Å². The molecule has 1 heterocycles. The number of nitriles is 2. The fourth-order valence-corrected chi connectivity index (χ4v) is 2.35. The fourth-order valence-electron chi connectivity index (χ4n) is 2.35. The van der Waals surface area contributed by atoms with Gasteiger partial charge in [0.1, 0.15) is 17.7 Å². The average Bonchev–Trinajstić information content (AvgIpc) is 2.89. The molecule has 0 aliphatic carbocycles. The molecule has 1 aromatic carbocycles. The van der Waals surface area contributed by atoms with Gasteiger partial charge in [-0.3, -0.25) is 4.79 Å². The van der Waals surface area contributed by atoms with E-state index >= 15 is 0 Å². The molecule has 0 aromatic heterocycles. The molecule has 2 rings (SSSR count). The summed E-state index contributed by atoms with van der Waals surface area (Å²) < 4.78 is 0. The first-order chi connectivity index (χ1) is 9.65. The number of ketones is 1. The van der Waals surface area contributed by atoms with Gasteiger partial charge in [-0.25, -0.2) is 0 Å². The third-order valence-electron chi connectivity index (χ3n) is 3.44. The van der Waals surface area contributed by atoms with E-state index in [1.165, 1.54) is 0 Å². The van der Waals surface area contributed by atoms with E-state index in [0.29, 0.717) is 17.7 Å². The van der Waals surface area contributed by atoms with E-state index < -0.39 is 0 Å². The van der Waals surface area contributed by atoms with E-state index in [4.69, 9.17) is 10.5 Å². The second kappa shape index (κ2) is 6.04. The number of benzene rings is 1. The van der Waals surface area contributed by atoms with Crippen LogP contribution in [0.25, 0.3) is 0 Å². The van der Waals surface area contributed by atoms with Crippen LogP contribution in [0.2, 0.25) is 0 Å². The molecule has 1 saturated heterocycles. The molecule has 1 aromatic rings. The van der Waals surface area contributed by atoms with Gasteiger partial charge in [0.05, 0.1) is 6.54 Å². The van der Waals surface area contributed by atoms with Crippen molar-refractivity contribution in [3.63, 3.8) is 0 Å². The lowest BCUT2D eigenvalue weighted by Crippen LogP contribution is -2.26. The van der Waals surface area contributed by atoms with Gasteiger partial charge in [-0.15, -0.1) is 0 Å². The predicted molar refractivity (Wildman–Crippen MR) is 74.6 cm³/mol. The maximum atomic E-state index is 12.2. The van der Waals surface area contributed by atoms with Crippen LogP contribution in [0.4, 0.5) is 0 Å². The van der Waals surface area contributed by atoms with Gasteiger partial charge in [-0.05, 0) is 19.8 Å². The molecule has 0 spiro atoms. The lowest BCUT2D eigenvalue weighted by Gasteiger charge is -2.19. The molecule has 1 fully saturated rings. The Morgan fingerprint density at radius 1 is 1.25 bits per heavy atom. The van der Waals surface area contributed by atoms with Crippen molar-refractivity contribution in [3.8, 4) is 12.1 Å². The third-order valence-corrected chi connectivity index (χ3v) is 3.44. The first-order valence-corrected chi connectivity index (χ1v) is 6.54. The molecule has 4 nitrogen and oxygen atoms in total. The Hall–Kier alpha value is -2.59. The summed E-state index contributed by atoms with van der Waals surface area (Å²) in [6.45, 7) is 2.92. The van der Waals surface area contributed by atoms with Crippen molar-refractivity contribution in [3.05, 3.63) is 46.7 Å². The smallest absolute Gasteiger partial charge is 0.182 e. The van der Waals surface area contributed by atoms with Gasteiger partial charge in [-0.1, -0.05) is 29.8 Å². The van der Waals surface area contributed by atoms with E-state index in [2.05, 4.69) is 0 Å². The van der Waals surface area contributed by atoms with Gasteiger partial charge in [0.15, 0.2) is 5.78 Å². The van der Waals surface area contributed by atoms with Crippen molar-refractivity contribution in [2.45, 2.75) is 19.8 Å². The number of nitrogens with zero attached hydrogens (tertiary/aromatic N) is 3. The Morgan fingerprint density at radius 3 is 2.50 bits per heavy atom. The number of aryl methyl sites for hydroxylation is 1. The minimum atomic E-state index is 0.0135. The van der Waals surface area contributed by atoms with Crippen LogP contribution in [0, 0.1) is 29.6 Å². The highest BCUT2D eigenvalue weighted by Gasteiger charge is 2.23. The molecule has 0 radical (unpaired) electrons. The largest absolute Gasteiger partial charge is 0.365 e. The molecule has 1 aliphatic heterocycles. The fraction of sp³-hybridized carbons (Fsp3) is 0.312. The number of hydrogen-bond acceptors (Lipinski definition) is 4. The van der Waals surface area contributed by atoms with Gasteiger partial charge in [-0.2, -0.15) is 10.5 Å². The van der Waals surface area contributed by atoms with Gasteiger partial charge in [0, 0.05) is 17.8 Å². The molecule has 0 saturated carbocycles. The number of allylic oxidation sites excluding steroid dienone is 2. The van der Waals surface area contributed by atoms with Crippen LogP contribution in [-0.2, 0) is 0 Å². The van der Waals surface area contributed by atoms with Crippen LogP contribution in [0.15, 0.2) is 35.5 Å². The molecule has 20 heavy (non-hydrogen) atoms. The molecule has 0 atom stereocenters. The lowest BCUT2D eigenvalue weighted by molar-refractivity contribution is 0.0956. The zero-order valence-electron chi connectivity index (χ0n) is 11.4. The van der Waals surface area contributed by atoms with E-state index in [1.807, 2.05) is 48.2 Å². The number of carbonyl (C=O) groups excluding carboxylic acids is 1. The van der Waals surface area contributed by atoms with E-state index in [1.54, 1.807) is 0 Å². The number of carbonyl (C=O) groups is 1. The van der Waals surface area contributed by atoms with Gasteiger partial charge in [0.25, 0.3) is 0 Å². The number of Topliss-reactive ketones (excluding diaryl/α,β-unsaturated/α-hetero) is 1. The molecular formula is C16H15N3O. The van der Waals surface area contributed by atoms with Crippen molar-refractivity contribution in [1.29, 1.82) is 10.5 Å². The number of likely N-dealkylation sites (tertiary alicyclic amines) is 1. The standard InChI is InChI=1S/C16H15N3O/c1-12-4-6-13(7-5-12)16(20)11-19-8-2-3-15(19)14(9-17)10-18/h4-7H,2-3,8,11H2,1H3. The van der Waals surface area contributed by atoms with Crippen molar-refractivity contribution < 1.29 is 4.79 Å². The molecule has 0 bridgehead atoms. The van der Waals surface area contributed by atoms with Crippen molar-refractivity contribution in [1.82, 2.24) is 4.90 Å². The summed E-state index contributed by atoms with van der Waals surface area (Å²) in [7, 11) is 0. The van der Waals surface area contributed by atoms with Crippen LogP contribution in [0.3, 0.4) is 0 Å². The predicted octanol–water partition coefficient (Wildman–Crippen LogP) is 2.57. The molecule has 4 heteroatoms. The van der Waals surface area contributed by atoms with Crippen LogP contribution < -0.4 is 0 Å². The molecule has 100 valence electrons. The summed E-state index contributed by atoms with van der Waals surface area (Å²) in [6, 6.07) is 11.3. The summed E-state index contributed by atoms with van der Waals surface area (Å²) in [4.78, 5) is 14.1. The molecule has 0 N–H and O–H groups in total. The van der Waals surface area contributed by atoms with Crippen LogP contribution >= 0.6 is 0 Å². The Balaban J connectivity index is 2.16. The highest BCUT2D eigenvalue weighted by molar-refractivity contribution is 5.97. The maximum Gasteiger partial charge on any atom is 0.182 e. The van der Waals surface area contributed by atoms with Crippen LogP contribution in [0.1, 0.15) is 28.8 Å². The first kappa shape index (κ1) is 13.8. The Bertz CT molecular complexity index is 613. The number of hydrogen-bond donors (Lipinski definition) is 0. The molecule has 0 unspecified atom stereocenters. The summed E-state index contributed by atoms with van der Waals surface area (Å²) in [5, 5.41) is 17.9. The number of rotatable bonds is 3. The first-order valence-electron chi connectivity index (χ1n) is 6.54. The molecule has 1 aliphatic rings. The second-order valence-corrected chi connectivity index (χ2v) is 4.86. The quantitative estimate of drug-likeness (QED) is 0.622. The average molecular weight is 265 g/mol. The monoisotopic (exact) mass is 265 g/mol. The highest BCUT2D eigenvalue weighted by atomic mass is 16.1. The normalized spacial score (nSPS) is 13.8. The summed E-state index contributed by atoms with van der Waals surface area (Å²) in [6.07, 6.45) is 1.57. The SMILES string of the molecule is Cc1ccc(C(=O)CN2CCCC2=C(C#N)C#N)cc1. The van der Waals surface area contributed by atoms with Crippen LogP contribution in [-0.4, -0.2) is 23.8 Å². The maximum absolute atomic E-state index is 12.2. The van der Waals surface area contributed by atoms with Gasteiger partial charge in [0.2, 0.25) is 0 Å². The van der Waals surface area contributed by atoms with Gasteiger partial charge < -0.3 is 4.90 Å². The van der Waals surface area contributed by atoms with Crippen molar-refractivity contribution in [2.24, 2.45) is 0 Å². The topological polar surface area (TPSA) is 67.9 Å². The Kier molecular flexibility index (Phi) is 4.17. The van der Waals surface area contributed by atoms with Crippen molar-refractivity contribution in [2.75, 3.05) is 13.1 Å². The lowest BCUT2D eigenvalue weighted by atomic mass is 10.1. The minimum Gasteiger partial charge on any atom is -0.365 e. The summed E-state index contributed by atoms with van der Waals surface area (Å²) in [5.74, 6) is 0.0135.